The van der Waals surface area contributed by atoms with E-state index in [0.29, 0.717) is 18.9 Å². The predicted octanol–water partition coefficient (Wildman–Crippen LogP) is 2.22. The fraction of sp³-hybridized carbons (Fsp3) is 0.750. The first-order valence-corrected chi connectivity index (χ1v) is 6.10. The van der Waals surface area contributed by atoms with Crippen molar-refractivity contribution in [3.63, 3.8) is 0 Å². The molecule has 5 nitrogen and oxygen atoms in total. The van der Waals surface area contributed by atoms with Crippen LogP contribution in [-0.4, -0.2) is 27.3 Å². The number of carbonyl (C=O) groups excluding carboxylic acids is 1. The van der Waals surface area contributed by atoms with Gasteiger partial charge in [0.1, 0.15) is 17.6 Å². The molecule has 96 valence electrons. The van der Waals surface area contributed by atoms with Gasteiger partial charge in [0.15, 0.2) is 0 Å². The summed E-state index contributed by atoms with van der Waals surface area (Å²) in [5.41, 5.74) is 0. The smallest absolute Gasteiger partial charge is 0.316 e. The van der Waals surface area contributed by atoms with Gasteiger partial charge in [-0.25, -0.2) is 0 Å². The van der Waals surface area contributed by atoms with Crippen molar-refractivity contribution in [3.05, 3.63) is 11.6 Å². The number of rotatable bonds is 5. The average molecular weight is 239 g/mol. The Bertz CT molecular complexity index is 385. The fourth-order valence-electron chi connectivity index (χ4n) is 1.96. The van der Waals surface area contributed by atoms with Gasteiger partial charge in [0, 0.05) is 6.04 Å². The quantitative estimate of drug-likeness (QED) is 0.739. The van der Waals surface area contributed by atoms with E-state index in [0.717, 1.165) is 5.82 Å². The minimum Gasteiger partial charge on any atom is -0.465 e. The molecule has 1 heterocycles. The van der Waals surface area contributed by atoms with Crippen molar-refractivity contribution < 1.29 is 9.53 Å². The highest BCUT2D eigenvalue weighted by Gasteiger charge is 2.27. The Hall–Kier alpha value is -1.39. The molecule has 0 aromatic carbocycles. The third kappa shape index (κ3) is 2.84. The van der Waals surface area contributed by atoms with Gasteiger partial charge in [0.05, 0.1) is 6.61 Å². The van der Waals surface area contributed by atoms with Crippen LogP contribution < -0.4 is 0 Å². The largest absolute Gasteiger partial charge is 0.465 e. The maximum Gasteiger partial charge on any atom is 0.316 e. The summed E-state index contributed by atoms with van der Waals surface area (Å²) in [6.45, 7) is 10.2. The number of aryl methyl sites for hydroxylation is 1. The van der Waals surface area contributed by atoms with E-state index >= 15 is 0 Å². The molecule has 0 saturated heterocycles. The van der Waals surface area contributed by atoms with Gasteiger partial charge in [0.25, 0.3) is 0 Å². The van der Waals surface area contributed by atoms with E-state index in [2.05, 4.69) is 24.0 Å². The molecule has 1 rings (SSSR count). The molecule has 0 radical (unpaired) electrons. The lowest BCUT2D eigenvalue weighted by molar-refractivity contribution is -0.145. The molecule has 0 aliphatic rings. The summed E-state index contributed by atoms with van der Waals surface area (Å²) >= 11 is 0. The molecule has 0 N–H and O–H groups in total. The van der Waals surface area contributed by atoms with Crippen LogP contribution in [0.2, 0.25) is 0 Å². The van der Waals surface area contributed by atoms with Gasteiger partial charge in [0.2, 0.25) is 0 Å². The Morgan fingerprint density at radius 1 is 1.35 bits per heavy atom. The van der Waals surface area contributed by atoms with Gasteiger partial charge in [-0.05, 0) is 34.1 Å². The Kier molecular flexibility index (Phi) is 4.66. The topological polar surface area (TPSA) is 57.0 Å². The second kappa shape index (κ2) is 5.80. The standard InChI is InChI=1S/C12H21N3O2/c1-6-10(12(16)17-7-2)11-14-13-9(5)15(11)8(3)4/h8,10H,6-7H2,1-5H3. The SMILES string of the molecule is CCOC(=O)C(CC)c1nnc(C)n1C(C)C. The maximum absolute atomic E-state index is 11.9. The lowest BCUT2D eigenvalue weighted by atomic mass is 10.1. The van der Waals surface area contributed by atoms with Gasteiger partial charge in [-0.2, -0.15) is 0 Å². The van der Waals surface area contributed by atoms with Crippen molar-refractivity contribution in [2.24, 2.45) is 0 Å². The van der Waals surface area contributed by atoms with E-state index in [1.165, 1.54) is 0 Å². The minimum atomic E-state index is -0.321. The Balaban J connectivity index is 3.08. The molecule has 1 unspecified atom stereocenters. The van der Waals surface area contributed by atoms with Gasteiger partial charge < -0.3 is 9.30 Å². The molecule has 5 heteroatoms. The van der Waals surface area contributed by atoms with E-state index in [1.807, 2.05) is 25.3 Å². The Labute approximate surface area is 102 Å². The molecule has 17 heavy (non-hydrogen) atoms. The van der Waals surface area contributed by atoms with Crippen molar-refractivity contribution in [2.75, 3.05) is 6.61 Å². The predicted molar refractivity (Wildman–Crippen MR) is 64.8 cm³/mol. The first-order valence-electron chi connectivity index (χ1n) is 6.10. The number of ether oxygens (including phenoxy) is 1. The summed E-state index contributed by atoms with van der Waals surface area (Å²) in [4.78, 5) is 11.9. The first kappa shape index (κ1) is 13.7. The van der Waals surface area contributed by atoms with Crippen LogP contribution >= 0.6 is 0 Å². The lowest BCUT2D eigenvalue weighted by Crippen LogP contribution is -2.21. The van der Waals surface area contributed by atoms with Crippen LogP contribution in [0.1, 0.15) is 57.7 Å². The molecular weight excluding hydrogens is 218 g/mol. The van der Waals surface area contributed by atoms with Gasteiger partial charge >= 0.3 is 5.97 Å². The summed E-state index contributed by atoms with van der Waals surface area (Å²) in [5, 5.41) is 8.18. The van der Waals surface area contributed by atoms with E-state index < -0.39 is 0 Å². The summed E-state index contributed by atoms with van der Waals surface area (Å²) < 4.78 is 7.06. The molecular formula is C12H21N3O2. The average Bonchev–Trinajstić information content (AvgIpc) is 2.62. The number of hydrogen-bond acceptors (Lipinski definition) is 4. The van der Waals surface area contributed by atoms with Crippen LogP contribution in [0.4, 0.5) is 0 Å². The minimum absolute atomic E-state index is 0.218. The highest BCUT2D eigenvalue weighted by molar-refractivity contribution is 5.77. The molecule has 0 aliphatic carbocycles. The zero-order valence-corrected chi connectivity index (χ0v) is 11.2. The van der Waals surface area contributed by atoms with E-state index in [-0.39, 0.29) is 17.9 Å². The van der Waals surface area contributed by atoms with Crippen molar-refractivity contribution in [2.45, 2.75) is 53.0 Å². The first-order chi connectivity index (χ1) is 8.02. The third-order valence-corrected chi connectivity index (χ3v) is 2.70. The van der Waals surface area contributed by atoms with Crippen LogP contribution in [0.3, 0.4) is 0 Å². The monoisotopic (exact) mass is 239 g/mol. The Morgan fingerprint density at radius 2 is 2.00 bits per heavy atom. The lowest BCUT2D eigenvalue weighted by Gasteiger charge is -2.17. The van der Waals surface area contributed by atoms with E-state index in [4.69, 9.17) is 4.74 Å². The second-order valence-electron chi connectivity index (χ2n) is 4.28. The molecule has 1 aromatic rings. The molecule has 1 atom stereocenters. The van der Waals surface area contributed by atoms with Crippen molar-refractivity contribution in [3.8, 4) is 0 Å². The van der Waals surface area contributed by atoms with Gasteiger partial charge in [-0.1, -0.05) is 6.92 Å². The number of esters is 1. The summed E-state index contributed by atoms with van der Waals surface area (Å²) in [6.07, 6.45) is 0.670. The van der Waals surface area contributed by atoms with Crippen LogP contribution in [0.15, 0.2) is 0 Å². The zero-order chi connectivity index (χ0) is 13.0. The highest BCUT2D eigenvalue weighted by Crippen LogP contribution is 2.23. The van der Waals surface area contributed by atoms with E-state index in [9.17, 15) is 4.79 Å². The zero-order valence-electron chi connectivity index (χ0n) is 11.2. The number of aromatic nitrogens is 3. The second-order valence-corrected chi connectivity index (χ2v) is 4.28. The van der Waals surface area contributed by atoms with Gasteiger partial charge in [-0.3, -0.25) is 4.79 Å². The molecule has 0 spiro atoms. The van der Waals surface area contributed by atoms with E-state index in [1.54, 1.807) is 0 Å². The summed E-state index contributed by atoms with van der Waals surface area (Å²) in [6, 6.07) is 0.239. The van der Waals surface area contributed by atoms with Gasteiger partial charge in [-0.15, -0.1) is 10.2 Å². The highest BCUT2D eigenvalue weighted by atomic mass is 16.5. The molecule has 0 aliphatic heterocycles. The Morgan fingerprint density at radius 3 is 2.47 bits per heavy atom. The van der Waals surface area contributed by atoms with Crippen LogP contribution in [-0.2, 0) is 9.53 Å². The molecule has 0 bridgehead atoms. The molecule has 0 saturated carbocycles. The van der Waals surface area contributed by atoms with Crippen molar-refractivity contribution in [1.29, 1.82) is 0 Å². The summed E-state index contributed by atoms with van der Waals surface area (Å²) in [5.74, 6) is 0.999. The van der Waals surface area contributed by atoms with Crippen molar-refractivity contribution >= 4 is 5.97 Å². The van der Waals surface area contributed by atoms with Crippen LogP contribution in [0, 0.1) is 6.92 Å². The number of carbonyl (C=O) groups is 1. The normalized spacial score (nSPS) is 12.8. The third-order valence-electron chi connectivity index (χ3n) is 2.70. The van der Waals surface area contributed by atoms with Crippen LogP contribution in [0.25, 0.3) is 0 Å². The van der Waals surface area contributed by atoms with Crippen molar-refractivity contribution in [1.82, 2.24) is 14.8 Å². The molecule has 0 fully saturated rings. The molecule has 1 aromatic heterocycles. The summed E-state index contributed by atoms with van der Waals surface area (Å²) in [7, 11) is 0. The maximum atomic E-state index is 11.9. The number of nitrogens with zero attached hydrogens (tertiary/aromatic N) is 3. The fourth-order valence-corrected chi connectivity index (χ4v) is 1.96. The number of hydrogen-bond donors (Lipinski definition) is 0. The van der Waals surface area contributed by atoms with Crippen LogP contribution in [0.5, 0.6) is 0 Å². The molecule has 0 amide bonds.